The van der Waals surface area contributed by atoms with Gasteiger partial charge in [0.2, 0.25) is 11.1 Å². The second kappa shape index (κ2) is 8.05. The van der Waals surface area contributed by atoms with Crippen LogP contribution in [-0.2, 0) is 11.2 Å². The third kappa shape index (κ3) is 4.64. The molecule has 3 N–H and O–H groups in total. The van der Waals surface area contributed by atoms with Crippen molar-refractivity contribution in [3.05, 3.63) is 35.1 Å². The average Bonchev–Trinajstić information content (AvgIpc) is 2.86. The van der Waals surface area contributed by atoms with Crippen LogP contribution in [0.4, 0.5) is 5.69 Å². The number of nitrogen functional groups attached to an aromatic ring is 1. The first-order valence-electron chi connectivity index (χ1n) is 6.97. The quantitative estimate of drug-likeness (QED) is 0.598. The van der Waals surface area contributed by atoms with Crippen molar-refractivity contribution >= 4 is 35.0 Å². The molecule has 0 saturated carbocycles. The highest BCUT2D eigenvalue weighted by Crippen LogP contribution is 2.17. The Morgan fingerprint density at radius 3 is 2.77 bits per heavy atom. The molecule has 1 amide bonds. The molecule has 0 aliphatic heterocycles. The molecule has 22 heavy (non-hydrogen) atoms. The number of aryl methyl sites for hydroxylation is 1. The highest BCUT2D eigenvalue weighted by atomic mass is 35.5. The van der Waals surface area contributed by atoms with Crippen LogP contribution in [0, 0.1) is 0 Å². The van der Waals surface area contributed by atoms with Crippen molar-refractivity contribution in [1.82, 2.24) is 14.9 Å². The zero-order valence-electron chi connectivity index (χ0n) is 12.3. The number of nitrogens with two attached hydrogens (primary N) is 1. The van der Waals surface area contributed by atoms with E-state index in [1.54, 1.807) is 24.3 Å². The first kappa shape index (κ1) is 16.6. The van der Waals surface area contributed by atoms with Crippen molar-refractivity contribution in [2.75, 3.05) is 16.9 Å². The second-order valence-corrected chi connectivity index (χ2v) is 6.10. The van der Waals surface area contributed by atoms with E-state index in [2.05, 4.69) is 22.4 Å². The summed E-state index contributed by atoms with van der Waals surface area (Å²) in [5.41, 5.74) is 0.702. The molecule has 0 atom stereocenters. The van der Waals surface area contributed by atoms with Crippen LogP contribution >= 0.6 is 23.4 Å². The van der Waals surface area contributed by atoms with Gasteiger partial charge in [0, 0.05) is 17.1 Å². The molecule has 0 bridgehead atoms. The van der Waals surface area contributed by atoms with Crippen molar-refractivity contribution in [3.8, 4) is 0 Å². The predicted molar refractivity (Wildman–Crippen MR) is 89.6 cm³/mol. The van der Waals surface area contributed by atoms with E-state index in [4.69, 9.17) is 17.4 Å². The van der Waals surface area contributed by atoms with Crippen LogP contribution in [0.1, 0.15) is 25.6 Å². The van der Waals surface area contributed by atoms with Gasteiger partial charge >= 0.3 is 0 Å². The van der Waals surface area contributed by atoms with Crippen molar-refractivity contribution < 1.29 is 4.79 Å². The van der Waals surface area contributed by atoms with Crippen LogP contribution in [0.15, 0.2) is 29.4 Å². The number of hydrogen-bond acceptors (Lipinski definition) is 5. The summed E-state index contributed by atoms with van der Waals surface area (Å²) in [6.45, 7) is 2.11. The molecule has 0 fully saturated rings. The lowest BCUT2D eigenvalue weighted by Crippen LogP contribution is -2.17. The number of anilines is 1. The number of nitrogens with one attached hydrogen (secondary N) is 1. The first-order chi connectivity index (χ1) is 10.6. The van der Waals surface area contributed by atoms with Crippen LogP contribution in [0.5, 0.6) is 0 Å². The highest BCUT2D eigenvalue weighted by molar-refractivity contribution is 7.99. The van der Waals surface area contributed by atoms with Gasteiger partial charge in [-0.25, -0.2) is 4.68 Å². The van der Waals surface area contributed by atoms with E-state index in [1.165, 1.54) is 16.4 Å². The molecule has 8 heteroatoms. The number of halogens is 1. The zero-order valence-corrected chi connectivity index (χ0v) is 13.8. The van der Waals surface area contributed by atoms with E-state index in [1.807, 2.05) is 0 Å². The summed E-state index contributed by atoms with van der Waals surface area (Å²) >= 11 is 7.05. The number of carbonyl (C=O) groups is 1. The molecular weight excluding hydrogens is 322 g/mol. The molecule has 0 spiro atoms. The van der Waals surface area contributed by atoms with Gasteiger partial charge in [0.15, 0.2) is 5.82 Å². The van der Waals surface area contributed by atoms with Gasteiger partial charge in [0.1, 0.15) is 0 Å². The van der Waals surface area contributed by atoms with Crippen LogP contribution < -0.4 is 11.2 Å². The van der Waals surface area contributed by atoms with Gasteiger partial charge in [-0.15, -0.1) is 10.2 Å². The summed E-state index contributed by atoms with van der Waals surface area (Å²) in [6.07, 6.45) is 2.87. The summed E-state index contributed by atoms with van der Waals surface area (Å²) in [4.78, 5) is 11.9. The van der Waals surface area contributed by atoms with Crippen molar-refractivity contribution in [2.24, 2.45) is 0 Å². The van der Waals surface area contributed by atoms with E-state index in [0.29, 0.717) is 15.9 Å². The molecule has 6 nitrogen and oxygen atoms in total. The Bertz CT molecular complexity index is 629. The number of nitrogens with zero attached hydrogens (tertiary/aromatic N) is 3. The van der Waals surface area contributed by atoms with Gasteiger partial charge < -0.3 is 11.2 Å². The number of thioether (sulfide) groups is 1. The largest absolute Gasteiger partial charge is 0.336 e. The van der Waals surface area contributed by atoms with Gasteiger partial charge in [0.05, 0.1) is 5.75 Å². The van der Waals surface area contributed by atoms with E-state index in [0.717, 1.165) is 25.1 Å². The van der Waals surface area contributed by atoms with Crippen LogP contribution in [0.2, 0.25) is 5.02 Å². The molecule has 0 saturated heterocycles. The number of unbranched alkanes of at least 4 members (excludes halogenated alkanes) is 1. The first-order valence-corrected chi connectivity index (χ1v) is 8.34. The standard InChI is InChI=1S/C14H18ClN5OS/c1-2-3-4-12-18-19-14(20(12)16)22-9-13(21)17-11-7-5-10(15)6-8-11/h5-8H,2-4,9,16H2,1H3,(H,17,21). The number of aromatic nitrogens is 3. The van der Waals surface area contributed by atoms with Crippen LogP contribution in [-0.4, -0.2) is 26.5 Å². The maximum atomic E-state index is 11.9. The SMILES string of the molecule is CCCCc1nnc(SCC(=O)Nc2ccc(Cl)cc2)n1N. The lowest BCUT2D eigenvalue weighted by Gasteiger charge is -2.05. The summed E-state index contributed by atoms with van der Waals surface area (Å²) < 4.78 is 1.45. The smallest absolute Gasteiger partial charge is 0.234 e. The molecule has 0 aliphatic rings. The third-order valence-electron chi connectivity index (χ3n) is 2.95. The molecule has 0 unspecified atom stereocenters. The second-order valence-electron chi connectivity index (χ2n) is 4.72. The summed E-state index contributed by atoms with van der Waals surface area (Å²) in [7, 11) is 0. The fourth-order valence-corrected chi connectivity index (χ4v) is 2.57. The molecule has 1 aromatic carbocycles. The summed E-state index contributed by atoms with van der Waals surface area (Å²) in [6, 6.07) is 6.94. The monoisotopic (exact) mass is 339 g/mol. The Kier molecular flexibility index (Phi) is 6.09. The van der Waals surface area contributed by atoms with Gasteiger partial charge in [-0.3, -0.25) is 4.79 Å². The Balaban J connectivity index is 1.85. The maximum Gasteiger partial charge on any atom is 0.234 e. The fourth-order valence-electron chi connectivity index (χ4n) is 1.77. The van der Waals surface area contributed by atoms with E-state index in [9.17, 15) is 4.79 Å². The number of carbonyl (C=O) groups excluding carboxylic acids is 1. The number of amides is 1. The third-order valence-corrected chi connectivity index (χ3v) is 4.14. The molecule has 1 aromatic heterocycles. The van der Waals surface area contributed by atoms with Gasteiger partial charge in [-0.1, -0.05) is 36.7 Å². The Hall–Kier alpha value is -1.73. The minimum atomic E-state index is -0.134. The minimum absolute atomic E-state index is 0.134. The van der Waals surface area contributed by atoms with E-state index in [-0.39, 0.29) is 11.7 Å². The predicted octanol–water partition coefficient (Wildman–Crippen LogP) is 2.72. The average molecular weight is 340 g/mol. The lowest BCUT2D eigenvalue weighted by molar-refractivity contribution is -0.113. The maximum absolute atomic E-state index is 11.9. The van der Waals surface area contributed by atoms with Crippen molar-refractivity contribution in [2.45, 2.75) is 31.3 Å². The summed E-state index contributed by atoms with van der Waals surface area (Å²) in [5, 5.41) is 12.0. The minimum Gasteiger partial charge on any atom is -0.336 e. The number of benzene rings is 1. The summed E-state index contributed by atoms with van der Waals surface area (Å²) in [5.74, 6) is 6.74. The zero-order chi connectivity index (χ0) is 15.9. The Morgan fingerprint density at radius 2 is 2.09 bits per heavy atom. The number of rotatable bonds is 7. The molecule has 118 valence electrons. The van der Waals surface area contributed by atoms with Gasteiger partial charge in [0.25, 0.3) is 0 Å². The Labute approximate surface area is 138 Å². The van der Waals surface area contributed by atoms with E-state index < -0.39 is 0 Å². The molecule has 2 rings (SSSR count). The molecular formula is C14H18ClN5OS. The lowest BCUT2D eigenvalue weighted by atomic mass is 10.2. The molecule has 2 aromatic rings. The Morgan fingerprint density at radius 1 is 1.36 bits per heavy atom. The normalized spacial score (nSPS) is 10.6. The van der Waals surface area contributed by atoms with Gasteiger partial charge in [-0.05, 0) is 30.7 Å². The molecule has 0 aliphatic carbocycles. The fraction of sp³-hybridized carbons (Fsp3) is 0.357. The molecule has 0 radical (unpaired) electrons. The topological polar surface area (TPSA) is 85.8 Å². The number of hydrogen-bond donors (Lipinski definition) is 2. The van der Waals surface area contributed by atoms with Gasteiger partial charge in [-0.2, -0.15) is 0 Å². The van der Waals surface area contributed by atoms with Crippen molar-refractivity contribution in [3.63, 3.8) is 0 Å². The molecule has 1 heterocycles. The van der Waals surface area contributed by atoms with Crippen molar-refractivity contribution in [1.29, 1.82) is 0 Å². The van der Waals surface area contributed by atoms with E-state index >= 15 is 0 Å². The van der Waals surface area contributed by atoms with Crippen LogP contribution in [0.25, 0.3) is 0 Å². The van der Waals surface area contributed by atoms with Crippen LogP contribution in [0.3, 0.4) is 0 Å². The highest BCUT2D eigenvalue weighted by Gasteiger charge is 2.12.